The Balaban J connectivity index is 1.82. The fraction of sp³-hybridized carbons (Fsp3) is 0.333. The first kappa shape index (κ1) is 16.7. The van der Waals surface area contributed by atoms with E-state index in [2.05, 4.69) is 29.6 Å². The van der Waals surface area contributed by atoms with Crippen LogP contribution in [-0.4, -0.2) is 18.4 Å². The van der Waals surface area contributed by atoms with Crippen molar-refractivity contribution in [2.75, 3.05) is 11.9 Å². The van der Waals surface area contributed by atoms with Crippen LogP contribution in [0.5, 0.6) is 0 Å². The highest BCUT2D eigenvalue weighted by atomic mass is 32.1. The van der Waals surface area contributed by atoms with Crippen LogP contribution < -0.4 is 16.0 Å². The zero-order chi connectivity index (χ0) is 17.1. The number of benzene rings is 1. The van der Waals surface area contributed by atoms with Gasteiger partial charge >= 0.3 is 0 Å². The fourth-order valence-electron chi connectivity index (χ4n) is 3.14. The number of hydrogen-bond acceptors (Lipinski definition) is 3. The molecule has 4 N–H and O–H groups in total. The fourth-order valence-corrected chi connectivity index (χ4v) is 4.48. The molecular formula is C18H22N3O2S+. The molecule has 1 aromatic carbocycles. The number of quaternary nitrogens is 1. The van der Waals surface area contributed by atoms with E-state index in [1.165, 1.54) is 21.8 Å². The molecule has 0 aliphatic carbocycles. The van der Waals surface area contributed by atoms with Crippen molar-refractivity contribution in [1.29, 1.82) is 0 Å². The molecule has 2 amide bonds. The summed E-state index contributed by atoms with van der Waals surface area (Å²) in [6.07, 6.45) is 1.19. The van der Waals surface area contributed by atoms with Gasteiger partial charge in [0.15, 0.2) is 0 Å². The molecule has 0 radical (unpaired) electrons. The Hall–Kier alpha value is -2.18. The molecule has 0 bridgehead atoms. The molecule has 1 aromatic heterocycles. The number of thiophene rings is 1. The summed E-state index contributed by atoms with van der Waals surface area (Å²) in [7, 11) is 0. The quantitative estimate of drug-likeness (QED) is 0.765. The Bertz CT molecular complexity index is 755. The molecule has 6 heteroatoms. The lowest BCUT2D eigenvalue weighted by Crippen LogP contribution is -3.10. The van der Waals surface area contributed by atoms with Crippen LogP contribution in [0.15, 0.2) is 30.3 Å². The first-order valence-corrected chi connectivity index (χ1v) is 9.01. The third-order valence-corrected chi connectivity index (χ3v) is 5.49. The summed E-state index contributed by atoms with van der Waals surface area (Å²) in [5, 5.41) is 3.44. The van der Waals surface area contributed by atoms with Crippen molar-refractivity contribution in [3.05, 3.63) is 51.9 Å². The van der Waals surface area contributed by atoms with E-state index in [-0.39, 0.29) is 5.91 Å². The summed E-state index contributed by atoms with van der Waals surface area (Å²) in [6, 6.07) is 10.4. The molecule has 24 heavy (non-hydrogen) atoms. The SMILES string of the molecule is CCC(=O)Nc1sc2c(c1C(N)=O)CC[NH+](Cc1ccccc1)C2. The van der Waals surface area contributed by atoms with Crippen molar-refractivity contribution >= 4 is 28.2 Å². The summed E-state index contributed by atoms with van der Waals surface area (Å²) in [4.78, 5) is 26.2. The smallest absolute Gasteiger partial charge is 0.252 e. The first-order chi connectivity index (χ1) is 11.6. The Kier molecular flexibility index (Phi) is 4.97. The second kappa shape index (κ2) is 7.15. The van der Waals surface area contributed by atoms with Gasteiger partial charge in [-0.25, -0.2) is 0 Å². The van der Waals surface area contributed by atoms with Gasteiger partial charge in [-0.1, -0.05) is 37.3 Å². The van der Waals surface area contributed by atoms with Crippen LogP contribution >= 0.6 is 11.3 Å². The maximum absolute atomic E-state index is 11.9. The van der Waals surface area contributed by atoms with Crippen LogP contribution in [0.25, 0.3) is 0 Å². The number of amides is 2. The molecule has 0 spiro atoms. The van der Waals surface area contributed by atoms with Gasteiger partial charge in [0.05, 0.1) is 17.0 Å². The summed E-state index contributed by atoms with van der Waals surface area (Å²) < 4.78 is 0. The second-order valence-corrected chi connectivity index (χ2v) is 7.17. The molecule has 126 valence electrons. The number of carbonyl (C=O) groups excluding carboxylic acids is 2. The van der Waals surface area contributed by atoms with Crippen LogP contribution in [0.4, 0.5) is 5.00 Å². The molecule has 0 fully saturated rings. The van der Waals surface area contributed by atoms with Crippen LogP contribution in [0.3, 0.4) is 0 Å². The number of primary amides is 1. The third-order valence-electron chi connectivity index (χ3n) is 4.35. The lowest BCUT2D eigenvalue weighted by Gasteiger charge is -2.24. The van der Waals surface area contributed by atoms with Gasteiger partial charge in [-0.3, -0.25) is 9.59 Å². The van der Waals surface area contributed by atoms with E-state index in [1.807, 2.05) is 6.07 Å². The summed E-state index contributed by atoms with van der Waals surface area (Å²) in [5.74, 6) is -0.546. The topological polar surface area (TPSA) is 76.6 Å². The molecule has 0 saturated carbocycles. The highest BCUT2D eigenvalue weighted by Gasteiger charge is 2.29. The number of fused-ring (bicyclic) bond motifs is 1. The Labute approximate surface area is 145 Å². The highest BCUT2D eigenvalue weighted by Crippen LogP contribution is 2.34. The lowest BCUT2D eigenvalue weighted by atomic mass is 10.0. The van der Waals surface area contributed by atoms with Gasteiger partial charge in [-0.05, 0) is 5.56 Å². The number of anilines is 1. The molecule has 1 atom stereocenters. The number of carbonyl (C=O) groups is 2. The van der Waals surface area contributed by atoms with E-state index in [1.54, 1.807) is 6.92 Å². The van der Waals surface area contributed by atoms with Crippen LogP contribution in [0, 0.1) is 0 Å². The molecule has 1 aliphatic heterocycles. The van der Waals surface area contributed by atoms with Crippen LogP contribution in [0.1, 0.15) is 39.7 Å². The minimum Gasteiger partial charge on any atom is -0.365 e. The van der Waals surface area contributed by atoms with Crippen molar-refractivity contribution in [3.8, 4) is 0 Å². The van der Waals surface area contributed by atoms with Crippen molar-refractivity contribution in [2.24, 2.45) is 5.73 Å². The van der Waals surface area contributed by atoms with Crippen molar-refractivity contribution < 1.29 is 14.5 Å². The zero-order valence-electron chi connectivity index (χ0n) is 13.7. The summed E-state index contributed by atoms with van der Waals surface area (Å²) in [6.45, 7) is 4.57. The Morgan fingerprint density at radius 3 is 2.71 bits per heavy atom. The summed E-state index contributed by atoms with van der Waals surface area (Å²) in [5.41, 5.74) is 8.41. The zero-order valence-corrected chi connectivity index (χ0v) is 14.5. The average Bonchev–Trinajstić information content (AvgIpc) is 2.92. The van der Waals surface area contributed by atoms with Gasteiger partial charge in [0.25, 0.3) is 5.91 Å². The van der Waals surface area contributed by atoms with Gasteiger partial charge in [0.2, 0.25) is 5.91 Å². The lowest BCUT2D eigenvalue weighted by molar-refractivity contribution is -0.929. The van der Waals surface area contributed by atoms with Gasteiger partial charge in [0, 0.05) is 18.4 Å². The average molecular weight is 344 g/mol. The third kappa shape index (κ3) is 3.49. The van der Waals surface area contributed by atoms with Crippen LogP contribution in [-0.2, 0) is 24.3 Å². The molecule has 2 aromatic rings. The number of hydrogen-bond donors (Lipinski definition) is 3. The van der Waals surface area contributed by atoms with E-state index >= 15 is 0 Å². The van der Waals surface area contributed by atoms with Gasteiger partial charge in [-0.2, -0.15) is 0 Å². The standard InChI is InChI=1S/C18H21N3O2S/c1-2-15(22)20-18-16(17(19)23)13-8-9-21(11-14(13)24-18)10-12-6-4-3-5-7-12/h3-7H,2,8-11H2,1H3,(H2,19,23)(H,20,22)/p+1. The van der Waals surface area contributed by atoms with Gasteiger partial charge in [-0.15, -0.1) is 11.3 Å². The first-order valence-electron chi connectivity index (χ1n) is 8.20. The number of nitrogens with two attached hydrogens (primary N) is 1. The normalized spacial score (nSPS) is 16.5. The molecule has 1 unspecified atom stereocenters. The molecular weight excluding hydrogens is 322 g/mol. The molecule has 3 rings (SSSR count). The predicted octanol–water partition coefficient (Wildman–Crippen LogP) is 1.34. The van der Waals surface area contributed by atoms with E-state index in [4.69, 9.17) is 5.73 Å². The largest absolute Gasteiger partial charge is 0.365 e. The maximum atomic E-state index is 11.9. The number of nitrogens with one attached hydrogen (secondary N) is 2. The maximum Gasteiger partial charge on any atom is 0.252 e. The summed E-state index contributed by atoms with van der Waals surface area (Å²) >= 11 is 1.49. The minimum atomic E-state index is -0.453. The number of rotatable bonds is 5. The predicted molar refractivity (Wildman–Crippen MR) is 95.1 cm³/mol. The minimum absolute atomic E-state index is 0.0930. The highest BCUT2D eigenvalue weighted by molar-refractivity contribution is 7.17. The van der Waals surface area contributed by atoms with Crippen molar-refractivity contribution in [2.45, 2.75) is 32.9 Å². The monoisotopic (exact) mass is 344 g/mol. The molecule has 0 saturated heterocycles. The van der Waals surface area contributed by atoms with Gasteiger partial charge < -0.3 is 16.0 Å². The van der Waals surface area contributed by atoms with E-state index in [0.717, 1.165) is 36.5 Å². The Morgan fingerprint density at radius 1 is 1.29 bits per heavy atom. The van der Waals surface area contributed by atoms with E-state index in [0.29, 0.717) is 17.0 Å². The van der Waals surface area contributed by atoms with E-state index < -0.39 is 5.91 Å². The van der Waals surface area contributed by atoms with E-state index in [9.17, 15) is 9.59 Å². The molecule has 1 aliphatic rings. The Morgan fingerprint density at radius 2 is 2.04 bits per heavy atom. The second-order valence-electron chi connectivity index (χ2n) is 6.06. The molecule has 2 heterocycles. The van der Waals surface area contributed by atoms with Gasteiger partial charge in [0.1, 0.15) is 18.1 Å². The molecule has 5 nitrogen and oxygen atoms in total. The van der Waals surface area contributed by atoms with Crippen molar-refractivity contribution in [3.63, 3.8) is 0 Å². The van der Waals surface area contributed by atoms with Crippen molar-refractivity contribution in [1.82, 2.24) is 0 Å². The van der Waals surface area contributed by atoms with Crippen LogP contribution in [0.2, 0.25) is 0 Å².